The fourth-order valence-electron chi connectivity index (χ4n) is 2.41. The molecular weight excluding hydrogens is 266 g/mol. The van der Waals surface area contributed by atoms with Crippen molar-refractivity contribution in [1.29, 1.82) is 0 Å². The molecular formula is C15H23N5O. The molecule has 21 heavy (non-hydrogen) atoms. The Bertz CT molecular complexity index is 585. The maximum absolute atomic E-state index is 11.8. The normalized spacial score (nSPS) is 10.8. The van der Waals surface area contributed by atoms with E-state index >= 15 is 0 Å². The van der Waals surface area contributed by atoms with Gasteiger partial charge in [0.25, 0.3) is 0 Å². The second-order valence-corrected chi connectivity index (χ2v) is 5.25. The zero-order valence-electron chi connectivity index (χ0n) is 13.0. The van der Waals surface area contributed by atoms with E-state index in [0.29, 0.717) is 13.0 Å². The van der Waals surface area contributed by atoms with Crippen LogP contribution in [-0.4, -0.2) is 32.0 Å². The predicted molar refractivity (Wildman–Crippen MR) is 80.9 cm³/mol. The van der Waals surface area contributed by atoms with E-state index < -0.39 is 0 Å². The molecule has 1 amide bonds. The van der Waals surface area contributed by atoms with Crippen LogP contribution in [0, 0.1) is 13.8 Å². The van der Waals surface area contributed by atoms with Gasteiger partial charge in [-0.05, 0) is 38.3 Å². The zero-order valence-corrected chi connectivity index (χ0v) is 13.0. The van der Waals surface area contributed by atoms with Crippen molar-refractivity contribution in [1.82, 2.24) is 24.9 Å². The summed E-state index contributed by atoms with van der Waals surface area (Å²) >= 11 is 0. The average Bonchev–Trinajstić information content (AvgIpc) is 3.03. The van der Waals surface area contributed by atoms with E-state index in [0.717, 1.165) is 30.8 Å². The van der Waals surface area contributed by atoms with Gasteiger partial charge in [-0.3, -0.25) is 14.2 Å². The maximum atomic E-state index is 11.8. The molecule has 0 radical (unpaired) electrons. The first-order valence-electron chi connectivity index (χ1n) is 7.31. The van der Waals surface area contributed by atoms with E-state index in [9.17, 15) is 4.79 Å². The van der Waals surface area contributed by atoms with Gasteiger partial charge in [0.15, 0.2) is 0 Å². The molecule has 2 heterocycles. The SMILES string of the molecule is Cc1nn(C)c(C)c1CCC(=O)NCCCn1cccn1. The van der Waals surface area contributed by atoms with Crippen molar-refractivity contribution in [3.05, 3.63) is 35.4 Å². The van der Waals surface area contributed by atoms with Gasteiger partial charge in [-0.1, -0.05) is 0 Å². The lowest BCUT2D eigenvalue weighted by Gasteiger charge is -2.06. The first kappa shape index (κ1) is 15.3. The van der Waals surface area contributed by atoms with E-state index in [2.05, 4.69) is 15.5 Å². The van der Waals surface area contributed by atoms with Gasteiger partial charge in [-0.15, -0.1) is 0 Å². The molecule has 2 aromatic rings. The number of nitrogens with zero attached hydrogens (tertiary/aromatic N) is 4. The third-order valence-corrected chi connectivity index (χ3v) is 3.71. The van der Waals surface area contributed by atoms with Crippen LogP contribution in [0.1, 0.15) is 29.8 Å². The van der Waals surface area contributed by atoms with Gasteiger partial charge < -0.3 is 5.32 Å². The van der Waals surface area contributed by atoms with Crippen molar-refractivity contribution in [2.75, 3.05) is 6.54 Å². The highest BCUT2D eigenvalue weighted by Gasteiger charge is 2.10. The van der Waals surface area contributed by atoms with Crippen LogP contribution in [0.5, 0.6) is 0 Å². The Morgan fingerprint density at radius 2 is 2.19 bits per heavy atom. The number of hydrogen-bond acceptors (Lipinski definition) is 3. The van der Waals surface area contributed by atoms with Crippen LogP contribution < -0.4 is 5.32 Å². The number of aromatic nitrogens is 4. The quantitative estimate of drug-likeness (QED) is 0.783. The summed E-state index contributed by atoms with van der Waals surface area (Å²) in [5.41, 5.74) is 3.34. The molecule has 0 atom stereocenters. The molecule has 114 valence electrons. The molecule has 0 aliphatic rings. The molecule has 0 spiro atoms. The van der Waals surface area contributed by atoms with E-state index in [1.54, 1.807) is 6.20 Å². The molecule has 6 nitrogen and oxygen atoms in total. The molecule has 0 unspecified atom stereocenters. The summed E-state index contributed by atoms with van der Waals surface area (Å²) in [6, 6.07) is 1.90. The third-order valence-electron chi connectivity index (χ3n) is 3.71. The monoisotopic (exact) mass is 289 g/mol. The highest BCUT2D eigenvalue weighted by Crippen LogP contribution is 2.13. The minimum Gasteiger partial charge on any atom is -0.356 e. The fraction of sp³-hybridized carbons (Fsp3) is 0.533. The van der Waals surface area contributed by atoms with E-state index in [-0.39, 0.29) is 5.91 Å². The Hall–Kier alpha value is -2.11. The minimum atomic E-state index is 0.0955. The lowest BCUT2D eigenvalue weighted by atomic mass is 10.1. The summed E-state index contributed by atoms with van der Waals surface area (Å²) in [6.45, 7) is 5.54. The molecule has 2 aromatic heterocycles. The smallest absolute Gasteiger partial charge is 0.220 e. The van der Waals surface area contributed by atoms with E-state index in [4.69, 9.17) is 0 Å². The number of carbonyl (C=O) groups excluding carboxylic acids is 1. The zero-order chi connectivity index (χ0) is 15.2. The van der Waals surface area contributed by atoms with Crippen molar-refractivity contribution < 1.29 is 4.79 Å². The Labute approximate surface area is 125 Å². The first-order chi connectivity index (χ1) is 10.1. The van der Waals surface area contributed by atoms with Crippen LogP contribution >= 0.6 is 0 Å². The second kappa shape index (κ2) is 7.06. The van der Waals surface area contributed by atoms with Crippen LogP contribution in [0.3, 0.4) is 0 Å². The molecule has 2 rings (SSSR count). The number of rotatable bonds is 7. The van der Waals surface area contributed by atoms with Crippen molar-refractivity contribution in [3.63, 3.8) is 0 Å². The number of aryl methyl sites for hydroxylation is 3. The van der Waals surface area contributed by atoms with Crippen molar-refractivity contribution in [2.24, 2.45) is 7.05 Å². The predicted octanol–water partition coefficient (Wildman–Crippen LogP) is 1.37. The van der Waals surface area contributed by atoms with Crippen LogP contribution in [0.25, 0.3) is 0 Å². The molecule has 0 aromatic carbocycles. The Kier molecular flexibility index (Phi) is 5.14. The molecule has 1 N–H and O–H groups in total. The van der Waals surface area contributed by atoms with Crippen LogP contribution in [0.15, 0.2) is 18.5 Å². The summed E-state index contributed by atoms with van der Waals surface area (Å²) < 4.78 is 3.74. The number of amides is 1. The topological polar surface area (TPSA) is 64.7 Å². The number of hydrogen-bond donors (Lipinski definition) is 1. The first-order valence-corrected chi connectivity index (χ1v) is 7.31. The van der Waals surface area contributed by atoms with Crippen LogP contribution in [0.2, 0.25) is 0 Å². The molecule has 0 saturated heterocycles. The minimum absolute atomic E-state index is 0.0955. The van der Waals surface area contributed by atoms with Crippen molar-refractivity contribution >= 4 is 5.91 Å². The fourth-order valence-corrected chi connectivity index (χ4v) is 2.41. The molecule has 0 aliphatic heterocycles. The second-order valence-electron chi connectivity index (χ2n) is 5.25. The molecule has 0 aliphatic carbocycles. The lowest BCUT2D eigenvalue weighted by Crippen LogP contribution is -2.25. The third kappa shape index (κ3) is 4.18. The Morgan fingerprint density at radius 3 is 2.81 bits per heavy atom. The summed E-state index contributed by atoms with van der Waals surface area (Å²) in [6.07, 6.45) is 5.83. The largest absolute Gasteiger partial charge is 0.356 e. The number of carbonyl (C=O) groups is 1. The number of nitrogens with one attached hydrogen (secondary N) is 1. The van der Waals surface area contributed by atoms with Gasteiger partial charge >= 0.3 is 0 Å². The standard InChI is InChI=1S/C15H23N5O/c1-12-14(13(2)19(3)18-12)6-7-15(21)16-8-4-10-20-11-5-9-17-20/h5,9,11H,4,6-8,10H2,1-3H3,(H,16,21). The average molecular weight is 289 g/mol. The summed E-state index contributed by atoms with van der Waals surface area (Å²) in [5.74, 6) is 0.0955. The molecule has 0 fully saturated rings. The van der Waals surface area contributed by atoms with Crippen molar-refractivity contribution in [2.45, 2.75) is 39.7 Å². The van der Waals surface area contributed by atoms with Gasteiger partial charge in [0.2, 0.25) is 5.91 Å². The molecule has 6 heteroatoms. The van der Waals surface area contributed by atoms with E-state index in [1.165, 1.54) is 5.56 Å². The summed E-state index contributed by atoms with van der Waals surface area (Å²) in [5, 5.41) is 11.4. The van der Waals surface area contributed by atoms with Crippen LogP contribution in [-0.2, 0) is 24.8 Å². The lowest BCUT2D eigenvalue weighted by molar-refractivity contribution is -0.121. The van der Waals surface area contributed by atoms with Crippen molar-refractivity contribution in [3.8, 4) is 0 Å². The molecule has 0 bridgehead atoms. The van der Waals surface area contributed by atoms with Gasteiger partial charge in [-0.25, -0.2) is 0 Å². The van der Waals surface area contributed by atoms with Gasteiger partial charge in [0.1, 0.15) is 0 Å². The Morgan fingerprint density at radius 1 is 1.38 bits per heavy atom. The highest BCUT2D eigenvalue weighted by molar-refractivity contribution is 5.76. The Balaban J connectivity index is 1.67. The van der Waals surface area contributed by atoms with Gasteiger partial charge in [0, 0.05) is 44.6 Å². The summed E-state index contributed by atoms with van der Waals surface area (Å²) in [7, 11) is 1.93. The van der Waals surface area contributed by atoms with Gasteiger partial charge in [0.05, 0.1) is 5.69 Å². The molecule has 0 saturated carbocycles. The van der Waals surface area contributed by atoms with Crippen LogP contribution in [0.4, 0.5) is 0 Å². The maximum Gasteiger partial charge on any atom is 0.220 e. The van der Waals surface area contributed by atoms with Gasteiger partial charge in [-0.2, -0.15) is 10.2 Å². The highest BCUT2D eigenvalue weighted by atomic mass is 16.1. The van der Waals surface area contributed by atoms with E-state index in [1.807, 2.05) is 42.5 Å². The summed E-state index contributed by atoms with van der Waals surface area (Å²) in [4.78, 5) is 11.8.